The van der Waals surface area contributed by atoms with Crippen LogP contribution >= 0.6 is 15.9 Å². The van der Waals surface area contributed by atoms with Crippen molar-refractivity contribution < 1.29 is 8.42 Å². The van der Waals surface area contributed by atoms with Gasteiger partial charge in [-0.25, -0.2) is 13.6 Å². The van der Waals surface area contributed by atoms with E-state index in [1.165, 1.54) is 0 Å². The number of primary sulfonamides is 1. The predicted octanol–water partition coefficient (Wildman–Crippen LogP) is 3.00. The molecule has 0 atom stereocenters. The molecule has 17 heavy (non-hydrogen) atoms. The zero-order chi connectivity index (χ0) is 13.1. The van der Waals surface area contributed by atoms with Crippen molar-refractivity contribution in [1.29, 1.82) is 0 Å². The van der Waals surface area contributed by atoms with Crippen LogP contribution in [0.4, 0.5) is 0 Å². The first-order valence-corrected chi connectivity index (χ1v) is 8.08. The summed E-state index contributed by atoms with van der Waals surface area (Å²) >= 11 is 3.48. The third-order valence-corrected chi connectivity index (χ3v) is 4.31. The zero-order valence-electron chi connectivity index (χ0n) is 10.2. The van der Waals surface area contributed by atoms with Gasteiger partial charge in [-0.1, -0.05) is 42.6 Å². The molecule has 1 aromatic rings. The first-order chi connectivity index (χ1) is 7.90. The number of rotatable bonds is 5. The Kier molecular flexibility index (Phi) is 5.16. The summed E-state index contributed by atoms with van der Waals surface area (Å²) in [5, 5.41) is 5.26. The number of halogens is 1. The van der Waals surface area contributed by atoms with Gasteiger partial charge >= 0.3 is 0 Å². The minimum absolute atomic E-state index is 0.269. The highest BCUT2D eigenvalue weighted by Crippen LogP contribution is 2.26. The maximum Gasteiger partial charge on any atom is 0.238 e. The lowest BCUT2D eigenvalue weighted by molar-refractivity contribution is 0.596. The average molecular weight is 320 g/mol. The SMILES string of the molecule is CCCc1cc(S(N)(=O)=O)c(CCC)cc1Br. The highest BCUT2D eigenvalue weighted by Gasteiger charge is 2.16. The third kappa shape index (κ3) is 3.79. The van der Waals surface area contributed by atoms with E-state index in [1.54, 1.807) is 6.07 Å². The summed E-state index contributed by atoms with van der Waals surface area (Å²) < 4.78 is 24.1. The molecule has 0 fully saturated rings. The van der Waals surface area contributed by atoms with Crippen molar-refractivity contribution in [2.75, 3.05) is 0 Å². The van der Waals surface area contributed by atoms with Crippen molar-refractivity contribution in [3.05, 3.63) is 27.7 Å². The van der Waals surface area contributed by atoms with Gasteiger partial charge in [-0.15, -0.1) is 0 Å². The van der Waals surface area contributed by atoms with Crippen LogP contribution in [-0.2, 0) is 22.9 Å². The number of nitrogens with two attached hydrogens (primary N) is 1. The summed E-state index contributed by atoms with van der Waals surface area (Å²) in [7, 11) is -3.63. The molecule has 0 unspecified atom stereocenters. The van der Waals surface area contributed by atoms with Crippen molar-refractivity contribution in [3.63, 3.8) is 0 Å². The molecule has 96 valence electrons. The van der Waals surface area contributed by atoms with Crippen molar-refractivity contribution in [2.24, 2.45) is 5.14 Å². The summed E-state index contributed by atoms with van der Waals surface area (Å²) in [6, 6.07) is 3.59. The van der Waals surface area contributed by atoms with Gasteiger partial charge in [0, 0.05) is 4.47 Å². The Morgan fingerprint density at radius 3 is 2.12 bits per heavy atom. The Morgan fingerprint density at radius 1 is 1.12 bits per heavy atom. The largest absolute Gasteiger partial charge is 0.238 e. The molecule has 0 saturated heterocycles. The molecule has 1 aromatic carbocycles. The number of benzene rings is 1. The van der Waals surface area contributed by atoms with Crippen LogP contribution < -0.4 is 5.14 Å². The van der Waals surface area contributed by atoms with Crippen LogP contribution in [0.2, 0.25) is 0 Å². The summed E-state index contributed by atoms with van der Waals surface area (Å²) in [5.41, 5.74) is 1.79. The minimum atomic E-state index is -3.63. The van der Waals surface area contributed by atoms with Gasteiger partial charge in [0.25, 0.3) is 0 Å². The van der Waals surface area contributed by atoms with Gasteiger partial charge in [0.2, 0.25) is 10.0 Å². The molecule has 0 aromatic heterocycles. The monoisotopic (exact) mass is 319 g/mol. The van der Waals surface area contributed by atoms with Gasteiger partial charge in [0.15, 0.2) is 0 Å². The quantitative estimate of drug-likeness (QED) is 0.906. The van der Waals surface area contributed by atoms with Crippen molar-refractivity contribution in [1.82, 2.24) is 0 Å². The van der Waals surface area contributed by atoms with Crippen LogP contribution in [0, 0.1) is 0 Å². The van der Waals surface area contributed by atoms with Gasteiger partial charge in [-0.2, -0.15) is 0 Å². The van der Waals surface area contributed by atoms with Gasteiger partial charge < -0.3 is 0 Å². The molecule has 0 bridgehead atoms. The fraction of sp³-hybridized carbons (Fsp3) is 0.500. The van der Waals surface area contributed by atoms with Gasteiger partial charge in [0.1, 0.15) is 0 Å². The standard InChI is InChI=1S/C12H18BrNO2S/c1-3-5-9-8-12(17(14,15)16)10(6-4-2)7-11(9)13/h7-8H,3-6H2,1-2H3,(H2,14,15,16). The molecular weight excluding hydrogens is 302 g/mol. The lowest BCUT2D eigenvalue weighted by Crippen LogP contribution is -2.15. The van der Waals surface area contributed by atoms with Crippen LogP contribution in [0.15, 0.2) is 21.5 Å². The van der Waals surface area contributed by atoms with E-state index in [2.05, 4.69) is 22.9 Å². The van der Waals surface area contributed by atoms with Crippen LogP contribution in [0.25, 0.3) is 0 Å². The Morgan fingerprint density at radius 2 is 1.65 bits per heavy atom. The highest BCUT2D eigenvalue weighted by molar-refractivity contribution is 9.10. The lowest BCUT2D eigenvalue weighted by atomic mass is 10.0. The second kappa shape index (κ2) is 5.98. The Labute approximate surface area is 112 Å². The molecule has 1 rings (SSSR count). The molecular formula is C12H18BrNO2S. The zero-order valence-corrected chi connectivity index (χ0v) is 12.6. The smallest absolute Gasteiger partial charge is 0.225 e. The third-order valence-electron chi connectivity index (χ3n) is 2.57. The summed E-state index contributed by atoms with van der Waals surface area (Å²) in [6.07, 6.45) is 3.42. The Balaban J connectivity index is 3.37. The first-order valence-electron chi connectivity index (χ1n) is 5.74. The van der Waals surface area contributed by atoms with Gasteiger partial charge in [-0.05, 0) is 36.1 Å². The fourth-order valence-corrected chi connectivity index (χ4v) is 3.25. The van der Waals surface area contributed by atoms with Crippen LogP contribution in [0.5, 0.6) is 0 Å². The fourth-order valence-electron chi connectivity index (χ4n) is 1.83. The number of hydrogen-bond donors (Lipinski definition) is 1. The average Bonchev–Trinajstić information content (AvgIpc) is 2.20. The first kappa shape index (κ1) is 14.7. The molecule has 0 aliphatic heterocycles. The van der Waals surface area contributed by atoms with Crippen molar-refractivity contribution in [3.8, 4) is 0 Å². The molecule has 0 amide bonds. The maximum absolute atomic E-state index is 11.6. The lowest BCUT2D eigenvalue weighted by Gasteiger charge is -2.11. The maximum atomic E-state index is 11.6. The van der Waals surface area contributed by atoms with Crippen molar-refractivity contribution in [2.45, 2.75) is 44.4 Å². The van der Waals surface area contributed by atoms with Crippen LogP contribution in [0.3, 0.4) is 0 Å². The second-order valence-electron chi connectivity index (χ2n) is 4.10. The molecule has 0 spiro atoms. The summed E-state index contributed by atoms with van der Waals surface area (Å²) in [5.74, 6) is 0. The summed E-state index contributed by atoms with van der Waals surface area (Å²) in [6.45, 7) is 4.07. The van der Waals surface area contributed by atoms with E-state index in [1.807, 2.05) is 13.0 Å². The van der Waals surface area contributed by atoms with E-state index in [9.17, 15) is 8.42 Å². The van der Waals surface area contributed by atoms with Gasteiger partial charge in [-0.3, -0.25) is 0 Å². The molecule has 3 nitrogen and oxygen atoms in total. The molecule has 0 radical (unpaired) electrons. The van der Waals surface area contributed by atoms with E-state index >= 15 is 0 Å². The number of aryl methyl sites for hydroxylation is 2. The second-order valence-corrected chi connectivity index (χ2v) is 6.48. The topological polar surface area (TPSA) is 60.2 Å². The minimum Gasteiger partial charge on any atom is -0.225 e. The van der Waals surface area contributed by atoms with E-state index in [-0.39, 0.29) is 4.90 Å². The highest BCUT2D eigenvalue weighted by atomic mass is 79.9. The normalized spacial score (nSPS) is 11.8. The van der Waals surface area contributed by atoms with E-state index in [0.29, 0.717) is 0 Å². The van der Waals surface area contributed by atoms with Crippen molar-refractivity contribution >= 4 is 26.0 Å². The predicted molar refractivity (Wildman–Crippen MR) is 73.5 cm³/mol. The van der Waals surface area contributed by atoms with E-state index in [0.717, 1.165) is 41.3 Å². The Hall–Kier alpha value is -0.390. The van der Waals surface area contributed by atoms with Gasteiger partial charge in [0.05, 0.1) is 4.90 Å². The van der Waals surface area contributed by atoms with Crippen LogP contribution in [-0.4, -0.2) is 8.42 Å². The van der Waals surface area contributed by atoms with Crippen LogP contribution in [0.1, 0.15) is 37.8 Å². The molecule has 5 heteroatoms. The molecule has 0 heterocycles. The summed E-state index contributed by atoms with van der Waals surface area (Å²) in [4.78, 5) is 0.269. The van der Waals surface area contributed by atoms with E-state index < -0.39 is 10.0 Å². The molecule has 2 N–H and O–H groups in total. The Bertz CT molecular complexity index is 497. The number of hydrogen-bond acceptors (Lipinski definition) is 2. The molecule has 0 aliphatic rings. The van der Waals surface area contributed by atoms with E-state index in [4.69, 9.17) is 5.14 Å². The molecule has 0 aliphatic carbocycles. The number of sulfonamides is 1. The molecule has 0 saturated carbocycles.